The van der Waals surface area contributed by atoms with Gasteiger partial charge in [0.15, 0.2) is 0 Å². The minimum Gasteiger partial charge on any atom is -0.455 e. The highest BCUT2D eigenvalue weighted by molar-refractivity contribution is 6.32. The summed E-state index contributed by atoms with van der Waals surface area (Å²) in [5.41, 5.74) is 3.55. The maximum Gasteiger partial charge on any atom is 0.146 e. The van der Waals surface area contributed by atoms with Crippen LogP contribution in [-0.4, -0.2) is 6.04 Å². The van der Waals surface area contributed by atoms with Gasteiger partial charge in [-0.2, -0.15) is 0 Å². The molecule has 21 heavy (non-hydrogen) atoms. The summed E-state index contributed by atoms with van der Waals surface area (Å²) in [5, 5.41) is 4.19. The second-order valence-electron chi connectivity index (χ2n) is 5.80. The number of aryl methyl sites for hydroxylation is 2. The van der Waals surface area contributed by atoms with Crippen LogP contribution in [-0.2, 0) is 6.54 Å². The lowest BCUT2D eigenvalue weighted by atomic mass is 10.1. The topological polar surface area (TPSA) is 21.3 Å². The van der Waals surface area contributed by atoms with E-state index >= 15 is 0 Å². The molecule has 2 nitrogen and oxygen atoms in total. The molecule has 110 valence electrons. The second kappa shape index (κ2) is 6.08. The molecule has 0 bridgehead atoms. The fourth-order valence-electron chi connectivity index (χ4n) is 2.29. The van der Waals surface area contributed by atoms with Crippen LogP contribution in [0.1, 0.15) is 29.5 Å². The Hall–Kier alpha value is -1.51. The van der Waals surface area contributed by atoms with E-state index in [-0.39, 0.29) is 0 Å². The van der Waals surface area contributed by atoms with E-state index in [1.54, 1.807) is 0 Å². The summed E-state index contributed by atoms with van der Waals surface area (Å²) in [4.78, 5) is 0. The zero-order valence-corrected chi connectivity index (χ0v) is 13.2. The maximum absolute atomic E-state index is 6.26. The average molecular weight is 302 g/mol. The third-order valence-corrected chi connectivity index (χ3v) is 3.98. The van der Waals surface area contributed by atoms with Gasteiger partial charge in [0, 0.05) is 18.2 Å². The molecule has 1 fully saturated rings. The summed E-state index contributed by atoms with van der Waals surface area (Å²) in [6.07, 6.45) is 2.57. The smallest absolute Gasteiger partial charge is 0.146 e. The first-order chi connectivity index (χ1) is 10.1. The molecule has 0 radical (unpaired) electrons. The lowest BCUT2D eigenvalue weighted by molar-refractivity contribution is 0.472. The molecular formula is C18H20ClNO. The van der Waals surface area contributed by atoms with Crippen molar-refractivity contribution in [2.75, 3.05) is 0 Å². The van der Waals surface area contributed by atoms with Gasteiger partial charge in [0.05, 0.1) is 5.02 Å². The van der Waals surface area contributed by atoms with Crippen LogP contribution >= 0.6 is 11.6 Å². The van der Waals surface area contributed by atoms with Crippen LogP contribution in [0.2, 0.25) is 5.02 Å². The summed E-state index contributed by atoms with van der Waals surface area (Å²) in [6, 6.07) is 12.8. The number of hydrogen-bond donors (Lipinski definition) is 1. The number of halogens is 1. The molecule has 0 unspecified atom stereocenters. The van der Waals surface area contributed by atoms with Crippen LogP contribution in [0.25, 0.3) is 0 Å². The molecule has 0 spiro atoms. The van der Waals surface area contributed by atoms with Gasteiger partial charge in [-0.05, 0) is 50.5 Å². The normalized spacial score (nSPS) is 14.2. The van der Waals surface area contributed by atoms with E-state index in [0.717, 1.165) is 17.9 Å². The molecular weight excluding hydrogens is 282 g/mol. The predicted octanol–water partition coefficient (Wildman–Crippen LogP) is 5.00. The molecule has 0 aromatic heterocycles. The number of nitrogens with one attached hydrogen (secondary N) is 1. The Kier molecular flexibility index (Phi) is 4.18. The average Bonchev–Trinajstić information content (AvgIpc) is 3.26. The Morgan fingerprint density at radius 3 is 2.38 bits per heavy atom. The first-order valence-electron chi connectivity index (χ1n) is 7.39. The summed E-state index contributed by atoms with van der Waals surface area (Å²) in [6.45, 7) is 4.96. The summed E-state index contributed by atoms with van der Waals surface area (Å²) >= 11 is 6.26. The van der Waals surface area contributed by atoms with Gasteiger partial charge in [-0.15, -0.1) is 0 Å². The van der Waals surface area contributed by atoms with Crippen LogP contribution in [0.3, 0.4) is 0 Å². The Balaban J connectivity index is 1.82. The van der Waals surface area contributed by atoms with E-state index in [0.29, 0.717) is 16.8 Å². The first-order valence-corrected chi connectivity index (χ1v) is 7.76. The van der Waals surface area contributed by atoms with Gasteiger partial charge in [-0.25, -0.2) is 0 Å². The van der Waals surface area contributed by atoms with Gasteiger partial charge >= 0.3 is 0 Å². The van der Waals surface area contributed by atoms with E-state index in [4.69, 9.17) is 16.3 Å². The van der Waals surface area contributed by atoms with E-state index in [2.05, 4.69) is 24.4 Å². The van der Waals surface area contributed by atoms with Gasteiger partial charge < -0.3 is 10.1 Å². The third kappa shape index (κ3) is 3.78. The van der Waals surface area contributed by atoms with Gasteiger partial charge in [0.1, 0.15) is 11.5 Å². The zero-order chi connectivity index (χ0) is 14.8. The molecule has 0 saturated heterocycles. The van der Waals surface area contributed by atoms with Crippen LogP contribution in [0.5, 0.6) is 11.5 Å². The van der Waals surface area contributed by atoms with Crippen LogP contribution in [0.4, 0.5) is 0 Å². The molecule has 2 aromatic carbocycles. The van der Waals surface area contributed by atoms with E-state index in [1.807, 2.05) is 31.2 Å². The fourth-order valence-corrected chi connectivity index (χ4v) is 2.57. The molecule has 0 amide bonds. The lowest BCUT2D eigenvalue weighted by Gasteiger charge is -2.14. The molecule has 1 saturated carbocycles. The van der Waals surface area contributed by atoms with E-state index < -0.39 is 0 Å². The SMILES string of the molecule is Cc1ccc(Oc2ccc(C)cc2CNC2CC2)c(Cl)c1. The van der Waals surface area contributed by atoms with Crippen LogP contribution in [0.15, 0.2) is 36.4 Å². The summed E-state index contributed by atoms with van der Waals surface area (Å²) in [5.74, 6) is 1.58. The molecule has 0 aliphatic heterocycles. The standard InChI is InChI=1S/C18H20ClNO/c1-12-3-7-17(14(9-12)11-20-15-5-6-15)21-18-8-4-13(2)10-16(18)19/h3-4,7-10,15,20H,5-6,11H2,1-2H3. The minimum absolute atomic E-state index is 0.650. The van der Waals surface area contributed by atoms with Crippen molar-refractivity contribution in [3.63, 3.8) is 0 Å². The van der Waals surface area contributed by atoms with Crippen LogP contribution in [0, 0.1) is 13.8 Å². The first kappa shape index (κ1) is 14.4. The zero-order valence-electron chi connectivity index (χ0n) is 12.4. The third-order valence-electron chi connectivity index (χ3n) is 3.68. The summed E-state index contributed by atoms with van der Waals surface area (Å²) < 4.78 is 6.03. The quantitative estimate of drug-likeness (QED) is 0.839. The van der Waals surface area contributed by atoms with Crippen molar-refractivity contribution in [3.8, 4) is 11.5 Å². The minimum atomic E-state index is 0.650. The Morgan fingerprint density at radius 1 is 1.05 bits per heavy atom. The summed E-state index contributed by atoms with van der Waals surface area (Å²) in [7, 11) is 0. The number of benzene rings is 2. The highest BCUT2D eigenvalue weighted by atomic mass is 35.5. The van der Waals surface area contributed by atoms with Gasteiger partial charge in [-0.3, -0.25) is 0 Å². The van der Waals surface area contributed by atoms with Crippen LogP contribution < -0.4 is 10.1 Å². The molecule has 1 aliphatic carbocycles. The van der Waals surface area contributed by atoms with Gasteiger partial charge in [0.25, 0.3) is 0 Å². The van der Waals surface area contributed by atoms with E-state index in [9.17, 15) is 0 Å². The van der Waals surface area contributed by atoms with Crippen molar-refractivity contribution in [2.45, 2.75) is 39.3 Å². The highest BCUT2D eigenvalue weighted by Crippen LogP contribution is 2.32. The molecule has 3 heteroatoms. The van der Waals surface area contributed by atoms with Crippen molar-refractivity contribution in [3.05, 3.63) is 58.1 Å². The van der Waals surface area contributed by atoms with Crippen molar-refractivity contribution in [1.29, 1.82) is 0 Å². The second-order valence-corrected chi connectivity index (χ2v) is 6.21. The molecule has 0 heterocycles. The molecule has 1 N–H and O–H groups in total. The predicted molar refractivity (Wildman–Crippen MR) is 87.3 cm³/mol. The van der Waals surface area contributed by atoms with Gasteiger partial charge in [0.2, 0.25) is 0 Å². The van der Waals surface area contributed by atoms with Crippen molar-refractivity contribution < 1.29 is 4.74 Å². The Labute approximate surface area is 131 Å². The largest absolute Gasteiger partial charge is 0.455 e. The Bertz CT molecular complexity index is 650. The van der Waals surface area contributed by atoms with Gasteiger partial charge in [-0.1, -0.05) is 35.4 Å². The molecule has 0 atom stereocenters. The molecule has 2 aromatic rings. The number of hydrogen-bond acceptors (Lipinski definition) is 2. The van der Waals surface area contributed by atoms with Crippen molar-refractivity contribution in [1.82, 2.24) is 5.32 Å². The monoisotopic (exact) mass is 301 g/mol. The van der Waals surface area contributed by atoms with Crippen molar-refractivity contribution in [2.24, 2.45) is 0 Å². The fraction of sp³-hybridized carbons (Fsp3) is 0.333. The highest BCUT2D eigenvalue weighted by Gasteiger charge is 2.20. The van der Waals surface area contributed by atoms with E-state index in [1.165, 1.54) is 24.0 Å². The number of ether oxygens (including phenoxy) is 1. The maximum atomic E-state index is 6.26. The Morgan fingerprint density at radius 2 is 1.71 bits per heavy atom. The number of rotatable bonds is 5. The van der Waals surface area contributed by atoms with Crippen molar-refractivity contribution >= 4 is 11.6 Å². The molecule has 1 aliphatic rings. The molecule has 3 rings (SSSR count). The lowest BCUT2D eigenvalue weighted by Crippen LogP contribution is -2.15.